The van der Waals surface area contributed by atoms with Crippen LogP contribution in [0.25, 0.3) is 0 Å². The van der Waals surface area contributed by atoms with Crippen LogP contribution in [0.5, 0.6) is 0 Å². The van der Waals surface area contributed by atoms with Crippen molar-refractivity contribution >= 4 is 39.4 Å². The Kier molecular flexibility index (Phi) is 4.86. The molecular weight excluding hydrogens is 378 g/mol. The number of anilines is 1. The minimum atomic E-state index is -0.510. The summed E-state index contributed by atoms with van der Waals surface area (Å²) in [7, 11) is 0. The summed E-state index contributed by atoms with van der Waals surface area (Å²) in [5.41, 5.74) is 1.06. The van der Waals surface area contributed by atoms with E-state index in [0.29, 0.717) is 55.2 Å². The average molecular weight is 396 g/mol. The number of amides is 2. The van der Waals surface area contributed by atoms with Crippen molar-refractivity contribution < 1.29 is 19.1 Å². The number of nitrogens with zero attached hydrogens (tertiary/aromatic N) is 3. The van der Waals surface area contributed by atoms with E-state index in [2.05, 4.69) is 20.8 Å². The third kappa shape index (κ3) is 3.03. The minimum Gasteiger partial charge on any atom is -0.450 e. The first kappa shape index (κ1) is 16.9. The highest BCUT2D eigenvalue weighted by Crippen LogP contribution is 2.34. The number of rotatable bonds is 3. The molecule has 1 aromatic rings. The lowest BCUT2D eigenvalue weighted by atomic mass is 10.1. The fourth-order valence-electron chi connectivity index (χ4n) is 2.93. The normalized spacial score (nSPS) is 18.1. The maximum Gasteiger partial charge on any atom is 0.409 e. The lowest BCUT2D eigenvalue weighted by Crippen LogP contribution is -2.52. The summed E-state index contributed by atoms with van der Waals surface area (Å²) in [6, 6.07) is 5.34. The summed E-state index contributed by atoms with van der Waals surface area (Å²) < 4.78 is 5.63. The Morgan fingerprint density at radius 1 is 1.21 bits per heavy atom. The fraction of sp³-hybridized carbons (Fsp3) is 0.438. The van der Waals surface area contributed by atoms with E-state index >= 15 is 0 Å². The molecule has 1 saturated heterocycles. The zero-order chi connectivity index (χ0) is 17.3. The van der Waals surface area contributed by atoms with Crippen LogP contribution < -0.4 is 4.90 Å². The van der Waals surface area contributed by atoms with E-state index in [0.717, 1.165) is 0 Å². The lowest BCUT2D eigenvalue weighted by molar-refractivity contribution is -0.114. The van der Waals surface area contributed by atoms with Gasteiger partial charge in [0.15, 0.2) is 0 Å². The summed E-state index contributed by atoms with van der Waals surface area (Å²) in [6.45, 7) is 4.81. The lowest BCUT2D eigenvalue weighted by Gasteiger charge is -2.35. The molecule has 0 aliphatic carbocycles. The molecule has 3 rings (SSSR count). The predicted molar refractivity (Wildman–Crippen MR) is 91.0 cm³/mol. The Morgan fingerprint density at radius 3 is 2.58 bits per heavy atom. The van der Waals surface area contributed by atoms with Gasteiger partial charge in [-0.3, -0.25) is 19.4 Å². The summed E-state index contributed by atoms with van der Waals surface area (Å²) in [5.74, 6) is -0.993. The molecule has 0 radical (unpaired) electrons. The summed E-state index contributed by atoms with van der Waals surface area (Å²) in [4.78, 5) is 41.4. The second-order valence-electron chi connectivity index (χ2n) is 5.64. The van der Waals surface area contributed by atoms with Gasteiger partial charge in [-0.05, 0) is 35.0 Å². The van der Waals surface area contributed by atoms with Gasteiger partial charge in [-0.2, -0.15) is 0 Å². The first-order chi connectivity index (χ1) is 11.5. The Balaban J connectivity index is 1.66. The van der Waals surface area contributed by atoms with Gasteiger partial charge in [-0.25, -0.2) is 4.79 Å². The maximum atomic E-state index is 12.3. The molecule has 1 fully saturated rings. The number of hydrogen-bond acceptors (Lipinski definition) is 5. The molecular formula is C16H18BrN3O4. The highest BCUT2D eigenvalue weighted by Gasteiger charge is 2.38. The molecule has 0 aromatic heterocycles. The topological polar surface area (TPSA) is 70.2 Å². The number of Topliss-reactive ketones (excluding diaryl/α,β-unsaturated/α-hetero) is 1. The summed E-state index contributed by atoms with van der Waals surface area (Å²) in [6.07, 6.45) is -0.307. The average Bonchev–Trinajstić information content (AvgIpc) is 2.82. The van der Waals surface area contributed by atoms with E-state index in [1.807, 2.05) is 0 Å². The molecule has 2 amide bonds. The second kappa shape index (κ2) is 6.90. The van der Waals surface area contributed by atoms with E-state index in [4.69, 9.17) is 4.74 Å². The van der Waals surface area contributed by atoms with E-state index in [-0.39, 0.29) is 6.09 Å². The molecule has 0 unspecified atom stereocenters. The van der Waals surface area contributed by atoms with Crippen molar-refractivity contribution in [2.45, 2.75) is 6.92 Å². The van der Waals surface area contributed by atoms with Gasteiger partial charge in [0.2, 0.25) is 0 Å². The van der Waals surface area contributed by atoms with Gasteiger partial charge < -0.3 is 9.64 Å². The maximum absolute atomic E-state index is 12.3. The molecule has 0 bridgehead atoms. The van der Waals surface area contributed by atoms with E-state index in [1.165, 1.54) is 4.90 Å². The van der Waals surface area contributed by atoms with Crippen LogP contribution >= 0.6 is 15.9 Å². The van der Waals surface area contributed by atoms with Crippen molar-refractivity contribution in [1.82, 2.24) is 9.80 Å². The van der Waals surface area contributed by atoms with Crippen LogP contribution in [0.4, 0.5) is 10.5 Å². The zero-order valence-electron chi connectivity index (χ0n) is 13.3. The molecule has 0 N–H and O–H groups in total. The van der Waals surface area contributed by atoms with E-state index in [1.54, 1.807) is 30.0 Å². The molecule has 0 spiro atoms. The molecule has 2 aliphatic heterocycles. The fourth-order valence-corrected chi connectivity index (χ4v) is 3.46. The van der Waals surface area contributed by atoms with Crippen molar-refractivity contribution in [3.8, 4) is 0 Å². The Hall–Kier alpha value is -1.93. The first-order valence-electron chi connectivity index (χ1n) is 7.81. The quantitative estimate of drug-likeness (QED) is 0.728. The third-order valence-electron chi connectivity index (χ3n) is 4.19. The molecule has 0 atom stereocenters. The Labute approximate surface area is 148 Å². The van der Waals surface area contributed by atoms with E-state index in [9.17, 15) is 14.4 Å². The van der Waals surface area contributed by atoms with Gasteiger partial charge in [0.25, 0.3) is 5.78 Å². The van der Waals surface area contributed by atoms with Crippen molar-refractivity contribution in [3.05, 3.63) is 28.2 Å². The van der Waals surface area contributed by atoms with Crippen LogP contribution in [0, 0.1) is 0 Å². The highest BCUT2D eigenvalue weighted by molar-refractivity contribution is 9.10. The van der Waals surface area contributed by atoms with Crippen LogP contribution in [-0.4, -0.2) is 67.0 Å². The molecule has 7 nitrogen and oxygen atoms in total. The summed E-state index contributed by atoms with van der Waals surface area (Å²) >= 11 is 3.34. The molecule has 2 heterocycles. The smallest absolute Gasteiger partial charge is 0.409 e. The largest absolute Gasteiger partial charge is 0.450 e. The first-order valence-corrected chi connectivity index (χ1v) is 8.61. The molecule has 1 aromatic carbocycles. The number of ketones is 1. The SMILES string of the molecule is CCOC(=O)N1CCN(CN2C(=O)C(=O)c3c(Br)cccc32)CC1. The molecule has 8 heteroatoms. The molecule has 128 valence electrons. The van der Waals surface area contributed by atoms with Crippen LogP contribution in [0.3, 0.4) is 0 Å². The number of halogens is 1. The number of hydrogen-bond donors (Lipinski definition) is 0. The standard InChI is InChI=1S/C16H18BrN3O4/c1-2-24-16(23)19-8-6-18(7-9-19)10-20-12-5-3-4-11(17)13(12)14(21)15(20)22/h3-5H,2,6-10H2,1H3. The van der Waals surface area contributed by atoms with Gasteiger partial charge in [0, 0.05) is 30.7 Å². The number of ether oxygens (including phenoxy) is 1. The van der Waals surface area contributed by atoms with E-state index < -0.39 is 11.7 Å². The predicted octanol–water partition coefficient (Wildman–Crippen LogP) is 1.71. The van der Waals surface area contributed by atoms with Gasteiger partial charge in [-0.1, -0.05) is 6.07 Å². The number of piperazine rings is 1. The van der Waals surface area contributed by atoms with Gasteiger partial charge in [0.05, 0.1) is 24.5 Å². The monoisotopic (exact) mass is 395 g/mol. The second-order valence-corrected chi connectivity index (χ2v) is 6.50. The third-order valence-corrected chi connectivity index (χ3v) is 4.85. The van der Waals surface area contributed by atoms with Crippen molar-refractivity contribution in [2.24, 2.45) is 0 Å². The van der Waals surface area contributed by atoms with Crippen molar-refractivity contribution in [3.63, 3.8) is 0 Å². The van der Waals surface area contributed by atoms with Crippen LogP contribution in [-0.2, 0) is 9.53 Å². The summed E-state index contributed by atoms with van der Waals surface area (Å²) in [5, 5.41) is 0. The number of carbonyl (C=O) groups is 3. The Bertz CT molecular complexity index is 686. The zero-order valence-corrected chi connectivity index (χ0v) is 14.9. The molecule has 24 heavy (non-hydrogen) atoms. The number of fused-ring (bicyclic) bond motifs is 1. The van der Waals surface area contributed by atoms with Crippen molar-refractivity contribution in [1.29, 1.82) is 0 Å². The van der Waals surface area contributed by atoms with Crippen LogP contribution in [0.2, 0.25) is 0 Å². The molecule has 2 aliphatic rings. The number of carbonyl (C=O) groups excluding carboxylic acids is 3. The minimum absolute atomic E-state index is 0.307. The van der Waals surface area contributed by atoms with Crippen LogP contribution in [0.15, 0.2) is 22.7 Å². The molecule has 0 saturated carbocycles. The van der Waals surface area contributed by atoms with Crippen molar-refractivity contribution in [2.75, 3.05) is 44.4 Å². The number of benzene rings is 1. The van der Waals surface area contributed by atoms with Gasteiger partial charge >= 0.3 is 12.0 Å². The van der Waals surface area contributed by atoms with Gasteiger partial charge in [0.1, 0.15) is 0 Å². The van der Waals surface area contributed by atoms with Crippen LogP contribution in [0.1, 0.15) is 17.3 Å². The van der Waals surface area contributed by atoms with Gasteiger partial charge in [-0.15, -0.1) is 0 Å². The highest BCUT2D eigenvalue weighted by atomic mass is 79.9. The Morgan fingerprint density at radius 2 is 1.92 bits per heavy atom.